The fourth-order valence-electron chi connectivity index (χ4n) is 2.85. The fourth-order valence-corrected chi connectivity index (χ4v) is 2.85. The van der Waals surface area contributed by atoms with Gasteiger partial charge in [0, 0.05) is 30.8 Å². The smallest absolute Gasteiger partial charge is 0.225 e. The SMILES string of the molecule is CN(CCCCCc1cc(-c2ccc(F)cc2)n[nH]1)C(=O)C1CC1. The van der Waals surface area contributed by atoms with Crippen LogP contribution in [0.25, 0.3) is 11.3 Å². The van der Waals surface area contributed by atoms with E-state index in [1.807, 2.05) is 18.0 Å². The number of amides is 1. The summed E-state index contributed by atoms with van der Waals surface area (Å²) in [5.41, 5.74) is 2.86. The van der Waals surface area contributed by atoms with Gasteiger partial charge in [0.1, 0.15) is 5.82 Å². The number of unbranched alkanes of at least 4 members (excludes halogenated alkanes) is 2. The number of benzene rings is 1. The van der Waals surface area contributed by atoms with Gasteiger partial charge in [-0.2, -0.15) is 5.10 Å². The molecule has 2 aromatic rings. The molecule has 1 aromatic heterocycles. The zero-order chi connectivity index (χ0) is 16.9. The van der Waals surface area contributed by atoms with Gasteiger partial charge in [-0.3, -0.25) is 9.89 Å². The molecule has 24 heavy (non-hydrogen) atoms. The Kier molecular flexibility index (Phi) is 5.28. The monoisotopic (exact) mass is 329 g/mol. The third-order valence-electron chi connectivity index (χ3n) is 4.51. The second kappa shape index (κ2) is 7.60. The van der Waals surface area contributed by atoms with Crippen molar-refractivity contribution in [1.29, 1.82) is 0 Å². The van der Waals surface area contributed by atoms with Gasteiger partial charge in [0.15, 0.2) is 0 Å². The summed E-state index contributed by atoms with van der Waals surface area (Å²) < 4.78 is 12.9. The van der Waals surface area contributed by atoms with E-state index in [9.17, 15) is 9.18 Å². The predicted octanol–water partition coefficient (Wildman–Crippen LogP) is 3.80. The van der Waals surface area contributed by atoms with Crippen LogP contribution in [0.2, 0.25) is 0 Å². The van der Waals surface area contributed by atoms with Gasteiger partial charge in [-0.1, -0.05) is 6.42 Å². The number of aromatic amines is 1. The summed E-state index contributed by atoms with van der Waals surface area (Å²) in [5, 5.41) is 7.34. The molecule has 1 heterocycles. The highest BCUT2D eigenvalue weighted by Crippen LogP contribution is 2.30. The molecule has 1 saturated carbocycles. The molecule has 1 N–H and O–H groups in total. The molecule has 128 valence electrons. The number of aromatic nitrogens is 2. The first-order chi connectivity index (χ1) is 11.6. The van der Waals surface area contributed by atoms with Crippen molar-refractivity contribution in [1.82, 2.24) is 15.1 Å². The van der Waals surface area contributed by atoms with E-state index in [-0.39, 0.29) is 5.82 Å². The number of aryl methyl sites for hydroxylation is 1. The summed E-state index contributed by atoms with van der Waals surface area (Å²) in [5.74, 6) is 0.386. The first-order valence-electron chi connectivity index (χ1n) is 8.68. The highest BCUT2D eigenvalue weighted by Gasteiger charge is 2.31. The molecule has 0 bridgehead atoms. The molecule has 1 aliphatic carbocycles. The van der Waals surface area contributed by atoms with Crippen molar-refractivity contribution >= 4 is 5.91 Å². The van der Waals surface area contributed by atoms with Crippen molar-refractivity contribution < 1.29 is 9.18 Å². The second-order valence-electron chi connectivity index (χ2n) is 6.63. The number of hydrogen-bond donors (Lipinski definition) is 1. The summed E-state index contributed by atoms with van der Waals surface area (Å²) in [6.07, 6.45) is 6.27. The number of carbonyl (C=O) groups is 1. The Morgan fingerprint density at radius 1 is 1.25 bits per heavy atom. The van der Waals surface area contributed by atoms with Gasteiger partial charge in [0.25, 0.3) is 0 Å². The molecule has 0 atom stereocenters. The summed E-state index contributed by atoms with van der Waals surface area (Å²) >= 11 is 0. The van der Waals surface area contributed by atoms with E-state index in [0.29, 0.717) is 11.8 Å². The summed E-state index contributed by atoms with van der Waals surface area (Å²) in [7, 11) is 1.91. The van der Waals surface area contributed by atoms with Crippen molar-refractivity contribution in [2.45, 2.75) is 38.5 Å². The first-order valence-corrected chi connectivity index (χ1v) is 8.68. The van der Waals surface area contributed by atoms with Gasteiger partial charge in [-0.25, -0.2) is 4.39 Å². The number of halogens is 1. The lowest BCUT2D eigenvalue weighted by atomic mass is 10.1. The molecule has 1 fully saturated rings. The first kappa shape index (κ1) is 16.7. The van der Waals surface area contributed by atoms with E-state index in [1.165, 1.54) is 12.1 Å². The Balaban J connectivity index is 1.38. The lowest BCUT2D eigenvalue weighted by molar-refractivity contribution is -0.131. The Bertz CT molecular complexity index is 676. The van der Waals surface area contributed by atoms with E-state index in [4.69, 9.17) is 0 Å². The van der Waals surface area contributed by atoms with Crippen LogP contribution >= 0.6 is 0 Å². The lowest BCUT2D eigenvalue weighted by Gasteiger charge is -2.16. The lowest BCUT2D eigenvalue weighted by Crippen LogP contribution is -2.28. The van der Waals surface area contributed by atoms with Crippen LogP contribution in [0.4, 0.5) is 4.39 Å². The van der Waals surface area contributed by atoms with Crippen LogP contribution in [0.15, 0.2) is 30.3 Å². The Labute approximate surface area is 142 Å². The highest BCUT2D eigenvalue weighted by molar-refractivity contribution is 5.80. The molecule has 0 spiro atoms. The minimum atomic E-state index is -0.236. The fraction of sp³-hybridized carbons (Fsp3) is 0.474. The molecule has 0 aliphatic heterocycles. The molecule has 0 radical (unpaired) electrons. The third kappa shape index (κ3) is 4.43. The van der Waals surface area contributed by atoms with Crippen LogP contribution in [0.3, 0.4) is 0 Å². The topological polar surface area (TPSA) is 49.0 Å². The van der Waals surface area contributed by atoms with Gasteiger partial charge < -0.3 is 4.90 Å². The zero-order valence-electron chi connectivity index (χ0n) is 14.1. The molecular formula is C19H24FN3O. The van der Waals surface area contributed by atoms with Gasteiger partial charge >= 0.3 is 0 Å². The maximum absolute atomic E-state index is 12.9. The second-order valence-corrected chi connectivity index (χ2v) is 6.63. The van der Waals surface area contributed by atoms with Crippen LogP contribution < -0.4 is 0 Å². The molecule has 1 aliphatic rings. The van der Waals surface area contributed by atoms with Crippen molar-refractivity contribution in [3.8, 4) is 11.3 Å². The predicted molar refractivity (Wildman–Crippen MR) is 91.9 cm³/mol. The molecule has 0 unspecified atom stereocenters. The molecule has 1 aromatic carbocycles. The highest BCUT2D eigenvalue weighted by atomic mass is 19.1. The van der Waals surface area contributed by atoms with Crippen LogP contribution in [-0.4, -0.2) is 34.6 Å². The standard InChI is InChI=1S/C19H24FN3O/c1-23(19(24)15-6-7-15)12-4-2-3-5-17-13-18(22-21-17)14-8-10-16(20)11-9-14/h8-11,13,15H,2-7,12H2,1H3,(H,21,22). The van der Waals surface area contributed by atoms with Gasteiger partial charge in [0.05, 0.1) is 5.69 Å². The van der Waals surface area contributed by atoms with Crippen molar-refractivity contribution in [2.75, 3.05) is 13.6 Å². The molecule has 5 heteroatoms. The number of H-pyrrole nitrogens is 1. The number of hydrogen-bond acceptors (Lipinski definition) is 2. The third-order valence-corrected chi connectivity index (χ3v) is 4.51. The maximum Gasteiger partial charge on any atom is 0.225 e. The van der Waals surface area contributed by atoms with Gasteiger partial charge in [-0.05, 0) is 62.4 Å². The largest absolute Gasteiger partial charge is 0.346 e. The van der Waals surface area contributed by atoms with Gasteiger partial charge in [-0.15, -0.1) is 0 Å². The van der Waals surface area contributed by atoms with Crippen molar-refractivity contribution in [3.63, 3.8) is 0 Å². The number of rotatable bonds is 8. The number of nitrogens with zero attached hydrogens (tertiary/aromatic N) is 2. The molecule has 1 amide bonds. The number of carbonyl (C=O) groups excluding carboxylic acids is 1. The molecule has 0 saturated heterocycles. The minimum absolute atomic E-state index is 0.236. The van der Waals surface area contributed by atoms with E-state index in [0.717, 1.165) is 62.0 Å². The quantitative estimate of drug-likeness (QED) is 0.749. The van der Waals surface area contributed by atoms with E-state index < -0.39 is 0 Å². The van der Waals surface area contributed by atoms with Crippen LogP contribution in [0, 0.1) is 11.7 Å². The van der Waals surface area contributed by atoms with Crippen molar-refractivity contribution in [3.05, 3.63) is 41.8 Å². The van der Waals surface area contributed by atoms with Crippen LogP contribution in [0.5, 0.6) is 0 Å². The Morgan fingerprint density at radius 2 is 2.00 bits per heavy atom. The van der Waals surface area contributed by atoms with Gasteiger partial charge in [0.2, 0.25) is 5.91 Å². The molecule has 3 rings (SSSR count). The normalized spacial score (nSPS) is 13.9. The van der Waals surface area contributed by atoms with Crippen molar-refractivity contribution in [2.24, 2.45) is 5.92 Å². The Morgan fingerprint density at radius 3 is 2.71 bits per heavy atom. The maximum atomic E-state index is 12.9. The Hall–Kier alpha value is -2.17. The minimum Gasteiger partial charge on any atom is -0.346 e. The van der Waals surface area contributed by atoms with E-state index in [2.05, 4.69) is 10.2 Å². The summed E-state index contributed by atoms with van der Waals surface area (Å²) in [6.45, 7) is 0.846. The summed E-state index contributed by atoms with van der Waals surface area (Å²) in [6, 6.07) is 8.40. The molecule has 4 nitrogen and oxygen atoms in total. The summed E-state index contributed by atoms with van der Waals surface area (Å²) in [4.78, 5) is 13.7. The molecular weight excluding hydrogens is 305 g/mol. The van der Waals surface area contributed by atoms with E-state index >= 15 is 0 Å². The average molecular weight is 329 g/mol. The van der Waals surface area contributed by atoms with Crippen LogP contribution in [-0.2, 0) is 11.2 Å². The van der Waals surface area contributed by atoms with E-state index in [1.54, 1.807) is 12.1 Å². The van der Waals surface area contributed by atoms with Crippen LogP contribution in [0.1, 0.15) is 37.8 Å². The zero-order valence-corrected chi connectivity index (χ0v) is 14.1. The number of nitrogens with one attached hydrogen (secondary N) is 1. The average Bonchev–Trinajstić information content (AvgIpc) is 3.33.